The van der Waals surface area contributed by atoms with Gasteiger partial charge in [-0.2, -0.15) is 0 Å². The summed E-state index contributed by atoms with van der Waals surface area (Å²) in [4.78, 5) is 13.5. The summed E-state index contributed by atoms with van der Waals surface area (Å²) in [6, 6.07) is 5.45. The van der Waals surface area contributed by atoms with Gasteiger partial charge in [-0.15, -0.1) is 6.58 Å². The van der Waals surface area contributed by atoms with Crippen molar-refractivity contribution in [2.24, 2.45) is 0 Å². The smallest absolute Gasteiger partial charge is 0.263 e. The Morgan fingerprint density at radius 1 is 1.62 bits per heavy atom. The molecule has 4 heteroatoms. The van der Waals surface area contributed by atoms with Crippen molar-refractivity contribution in [1.29, 1.82) is 0 Å². The summed E-state index contributed by atoms with van der Waals surface area (Å²) >= 11 is 3.34. The molecular weight excluding hydrogens is 270 g/mol. The number of anilines is 1. The van der Waals surface area contributed by atoms with Gasteiger partial charge in [-0.3, -0.25) is 4.79 Å². The largest absolute Gasteiger partial charge is 0.375 e. The summed E-state index contributed by atoms with van der Waals surface area (Å²) in [6.45, 7) is 3.58. The molecule has 0 radical (unpaired) electrons. The highest BCUT2D eigenvalue weighted by Crippen LogP contribution is 2.42. The summed E-state index contributed by atoms with van der Waals surface area (Å²) in [5.74, 6) is -0.305. The fourth-order valence-electron chi connectivity index (χ4n) is 2.04. The fraction of sp³-hybridized carbons (Fsp3) is 0.250. The van der Waals surface area contributed by atoms with Crippen LogP contribution in [-0.4, -0.2) is 18.1 Å². The van der Waals surface area contributed by atoms with Gasteiger partial charge in [-0.1, -0.05) is 22.0 Å². The number of hydrogen-bond acceptors (Lipinski definition) is 2. The van der Waals surface area contributed by atoms with Crippen LogP contribution in [0.3, 0.4) is 0 Å². The Labute approximate surface area is 103 Å². The molecule has 84 valence electrons. The number of aliphatic hydroxyl groups is 1. The summed E-state index contributed by atoms with van der Waals surface area (Å²) < 4.78 is 0.844. The minimum absolute atomic E-state index is 0.222. The minimum atomic E-state index is -1.46. The third kappa shape index (κ3) is 1.41. The number of rotatable bonds is 2. The molecule has 0 saturated carbocycles. The number of carbonyl (C=O) groups is 1. The molecule has 16 heavy (non-hydrogen) atoms. The first kappa shape index (κ1) is 11.4. The van der Waals surface area contributed by atoms with Crippen LogP contribution >= 0.6 is 15.9 Å². The van der Waals surface area contributed by atoms with E-state index in [1.807, 2.05) is 12.1 Å². The number of hydrogen-bond donors (Lipinski definition) is 1. The molecule has 0 bridgehead atoms. The lowest BCUT2D eigenvalue weighted by atomic mass is 9.92. The number of benzene rings is 1. The zero-order chi connectivity index (χ0) is 11.9. The van der Waals surface area contributed by atoms with Crippen LogP contribution in [0.2, 0.25) is 0 Å². The second-order valence-corrected chi connectivity index (χ2v) is 4.79. The second kappa shape index (κ2) is 3.71. The average molecular weight is 282 g/mol. The van der Waals surface area contributed by atoms with Crippen LogP contribution in [-0.2, 0) is 10.4 Å². The van der Waals surface area contributed by atoms with E-state index in [0.29, 0.717) is 5.56 Å². The Morgan fingerprint density at radius 3 is 2.94 bits per heavy atom. The molecule has 1 aromatic carbocycles. The molecule has 1 aromatic rings. The first-order chi connectivity index (χ1) is 7.50. The van der Waals surface area contributed by atoms with Gasteiger partial charge < -0.3 is 10.0 Å². The van der Waals surface area contributed by atoms with Crippen molar-refractivity contribution in [3.63, 3.8) is 0 Å². The zero-order valence-electron chi connectivity index (χ0n) is 8.90. The van der Waals surface area contributed by atoms with Crippen molar-refractivity contribution in [3.05, 3.63) is 40.9 Å². The Bertz CT molecular complexity index is 472. The van der Waals surface area contributed by atoms with Crippen LogP contribution in [0.15, 0.2) is 35.3 Å². The number of amides is 1. The van der Waals surface area contributed by atoms with E-state index in [1.54, 1.807) is 19.2 Å². The molecule has 1 atom stereocenters. The molecule has 1 N–H and O–H groups in total. The van der Waals surface area contributed by atoms with Crippen LogP contribution < -0.4 is 4.90 Å². The molecule has 0 saturated heterocycles. The van der Waals surface area contributed by atoms with Gasteiger partial charge in [-0.05, 0) is 18.2 Å². The van der Waals surface area contributed by atoms with Gasteiger partial charge in [0.05, 0.1) is 5.69 Å². The van der Waals surface area contributed by atoms with Gasteiger partial charge in [0.25, 0.3) is 5.91 Å². The van der Waals surface area contributed by atoms with E-state index in [2.05, 4.69) is 22.5 Å². The van der Waals surface area contributed by atoms with Crippen molar-refractivity contribution in [1.82, 2.24) is 0 Å². The summed E-state index contributed by atoms with van der Waals surface area (Å²) in [6.07, 6.45) is 1.78. The Balaban J connectivity index is 2.63. The molecule has 1 heterocycles. The monoisotopic (exact) mass is 281 g/mol. The maximum atomic E-state index is 12.0. The van der Waals surface area contributed by atoms with Crippen LogP contribution in [0.5, 0.6) is 0 Å². The SMILES string of the molecule is C=CCC1(O)C(=O)N(C)c2ccc(Br)cc21. The first-order valence-corrected chi connectivity index (χ1v) is 5.71. The first-order valence-electron chi connectivity index (χ1n) is 4.92. The van der Waals surface area contributed by atoms with E-state index in [9.17, 15) is 9.90 Å². The highest BCUT2D eigenvalue weighted by molar-refractivity contribution is 9.10. The zero-order valence-corrected chi connectivity index (χ0v) is 10.5. The molecule has 0 aliphatic carbocycles. The van der Waals surface area contributed by atoms with Crippen LogP contribution in [0.4, 0.5) is 5.69 Å². The number of likely N-dealkylation sites (N-methyl/N-ethyl adjacent to an activating group) is 1. The molecule has 0 spiro atoms. The van der Waals surface area contributed by atoms with Crippen molar-refractivity contribution >= 4 is 27.5 Å². The molecule has 1 amide bonds. The van der Waals surface area contributed by atoms with Gasteiger partial charge in [-0.25, -0.2) is 0 Å². The Morgan fingerprint density at radius 2 is 2.31 bits per heavy atom. The molecule has 2 rings (SSSR count). The molecular formula is C12H12BrNO2. The van der Waals surface area contributed by atoms with Gasteiger partial charge >= 0.3 is 0 Å². The van der Waals surface area contributed by atoms with Gasteiger partial charge in [0.2, 0.25) is 0 Å². The number of carbonyl (C=O) groups excluding carboxylic acids is 1. The maximum Gasteiger partial charge on any atom is 0.263 e. The topological polar surface area (TPSA) is 40.5 Å². The number of nitrogens with zero attached hydrogens (tertiary/aromatic N) is 1. The highest BCUT2D eigenvalue weighted by Gasteiger charge is 2.47. The fourth-order valence-corrected chi connectivity index (χ4v) is 2.40. The van der Waals surface area contributed by atoms with E-state index in [-0.39, 0.29) is 12.3 Å². The van der Waals surface area contributed by atoms with Crippen molar-refractivity contribution in [3.8, 4) is 0 Å². The van der Waals surface area contributed by atoms with E-state index >= 15 is 0 Å². The summed E-state index contributed by atoms with van der Waals surface area (Å²) in [5.41, 5.74) is -0.0814. The van der Waals surface area contributed by atoms with E-state index in [1.165, 1.54) is 4.90 Å². The summed E-state index contributed by atoms with van der Waals surface area (Å²) in [5, 5.41) is 10.4. The third-order valence-corrected chi connectivity index (χ3v) is 3.36. The molecule has 3 nitrogen and oxygen atoms in total. The third-order valence-electron chi connectivity index (χ3n) is 2.86. The number of fused-ring (bicyclic) bond motifs is 1. The van der Waals surface area contributed by atoms with Gasteiger partial charge in [0.1, 0.15) is 0 Å². The molecule has 1 aliphatic rings. The molecule has 0 aromatic heterocycles. The predicted molar refractivity (Wildman–Crippen MR) is 66.3 cm³/mol. The molecule has 1 unspecified atom stereocenters. The van der Waals surface area contributed by atoms with E-state index in [4.69, 9.17) is 0 Å². The van der Waals surface area contributed by atoms with Crippen molar-refractivity contribution < 1.29 is 9.90 Å². The van der Waals surface area contributed by atoms with Crippen molar-refractivity contribution in [2.75, 3.05) is 11.9 Å². The highest BCUT2D eigenvalue weighted by atomic mass is 79.9. The van der Waals surface area contributed by atoms with Crippen LogP contribution in [0.1, 0.15) is 12.0 Å². The van der Waals surface area contributed by atoms with Crippen molar-refractivity contribution in [2.45, 2.75) is 12.0 Å². The van der Waals surface area contributed by atoms with Crippen LogP contribution in [0.25, 0.3) is 0 Å². The van der Waals surface area contributed by atoms with E-state index in [0.717, 1.165) is 10.2 Å². The average Bonchev–Trinajstić information content (AvgIpc) is 2.42. The maximum absolute atomic E-state index is 12.0. The second-order valence-electron chi connectivity index (χ2n) is 3.88. The van der Waals surface area contributed by atoms with Gasteiger partial charge in [0, 0.05) is 23.5 Å². The normalized spacial score (nSPS) is 23.4. The summed E-state index contributed by atoms with van der Waals surface area (Å²) in [7, 11) is 1.66. The molecule has 1 aliphatic heterocycles. The predicted octanol–water partition coefficient (Wildman–Crippen LogP) is 2.19. The van der Waals surface area contributed by atoms with E-state index < -0.39 is 5.60 Å². The Hall–Kier alpha value is -1.13. The lowest BCUT2D eigenvalue weighted by Gasteiger charge is -2.19. The van der Waals surface area contributed by atoms with Gasteiger partial charge in [0.15, 0.2) is 5.60 Å². The number of halogens is 1. The Kier molecular flexibility index (Phi) is 2.64. The van der Waals surface area contributed by atoms with Crippen LogP contribution in [0, 0.1) is 0 Å². The standard InChI is InChI=1S/C12H12BrNO2/c1-3-6-12(16)9-7-8(13)4-5-10(9)14(2)11(12)15/h3-5,7,16H,1,6H2,2H3. The lowest BCUT2D eigenvalue weighted by molar-refractivity contribution is -0.135. The minimum Gasteiger partial charge on any atom is -0.375 e. The lowest BCUT2D eigenvalue weighted by Crippen LogP contribution is -2.38. The quantitative estimate of drug-likeness (QED) is 0.845. The molecule has 0 fully saturated rings.